The molecule has 174 valence electrons. The maximum atomic E-state index is 12.6. The zero-order valence-electron chi connectivity index (χ0n) is 18.6. The maximum absolute atomic E-state index is 12.6. The Balaban J connectivity index is 1.22. The van der Waals surface area contributed by atoms with Crippen molar-refractivity contribution in [1.82, 2.24) is 15.0 Å². The monoisotopic (exact) mass is 467 g/mol. The number of rotatable bonds is 4. The van der Waals surface area contributed by atoms with E-state index in [9.17, 15) is 9.59 Å². The third-order valence-electron chi connectivity index (χ3n) is 5.30. The lowest BCUT2D eigenvalue weighted by Crippen LogP contribution is -2.17. The van der Waals surface area contributed by atoms with Crippen LogP contribution in [0.3, 0.4) is 0 Å². The lowest BCUT2D eigenvalue weighted by atomic mass is 10.1. The predicted molar refractivity (Wildman–Crippen MR) is 135 cm³/mol. The number of aryl methyl sites for hydroxylation is 1. The number of amides is 2. The zero-order chi connectivity index (χ0) is 24.5. The third-order valence-corrected chi connectivity index (χ3v) is 5.30. The highest BCUT2D eigenvalue weighted by molar-refractivity contribution is 6.06. The summed E-state index contributed by atoms with van der Waals surface area (Å²) in [6.07, 6.45) is -0.660. The lowest BCUT2D eigenvalue weighted by molar-refractivity contribution is 0.102. The molecule has 2 heterocycles. The van der Waals surface area contributed by atoms with E-state index in [4.69, 9.17) is 16.2 Å². The largest absolute Gasteiger partial charge is 0.417 e. The molecule has 0 radical (unpaired) electrons. The second-order valence-electron chi connectivity index (χ2n) is 7.93. The number of aromatic amines is 1. The van der Waals surface area contributed by atoms with Gasteiger partial charge in [-0.2, -0.15) is 0 Å². The van der Waals surface area contributed by atoms with Crippen LogP contribution in [-0.4, -0.2) is 27.0 Å². The van der Waals surface area contributed by atoms with Crippen LogP contribution in [0.1, 0.15) is 16.1 Å². The van der Waals surface area contributed by atoms with Gasteiger partial charge in [-0.05, 0) is 73.7 Å². The van der Waals surface area contributed by atoms with Gasteiger partial charge < -0.3 is 26.5 Å². The molecule has 5 aromatic rings. The highest BCUT2D eigenvalue weighted by atomic mass is 16.6. The van der Waals surface area contributed by atoms with Crippen molar-refractivity contribution < 1.29 is 14.3 Å². The number of hydrogen-bond donors (Lipinski definition) is 5. The summed E-state index contributed by atoms with van der Waals surface area (Å²) in [5.74, 6) is 0.337. The first kappa shape index (κ1) is 21.7. The van der Waals surface area contributed by atoms with Crippen molar-refractivity contribution in [3.8, 4) is 5.75 Å². The quantitative estimate of drug-likeness (QED) is 0.261. The molecule has 0 unspecified atom stereocenters. The number of carbonyl (C=O) groups excluding carboxylic acids is 2. The molecular weight excluding hydrogens is 446 g/mol. The molecule has 2 aromatic heterocycles. The number of nitrogens with zero attached hydrogens (tertiary/aromatic N) is 2. The Hall–Kier alpha value is -5.12. The molecule has 5 rings (SSSR count). The van der Waals surface area contributed by atoms with Crippen molar-refractivity contribution in [3.63, 3.8) is 0 Å². The summed E-state index contributed by atoms with van der Waals surface area (Å²) in [5.41, 5.74) is 16.7. The molecule has 0 spiro atoms. The SMILES string of the molecule is Cc1cc(N)c2cc(OC(=O)Nc3ccc(NC(=O)c4ccc5nc(N)[nH]c5c4)cc3)ccc2n1. The van der Waals surface area contributed by atoms with E-state index in [0.29, 0.717) is 44.8 Å². The molecule has 3 aromatic carbocycles. The van der Waals surface area contributed by atoms with Crippen molar-refractivity contribution in [2.45, 2.75) is 6.92 Å². The lowest BCUT2D eigenvalue weighted by Gasteiger charge is -2.10. The second kappa shape index (κ2) is 8.67. The van der Waals surface area contributed by atoms with Gasteiger partial charge in [0, 0.05) is 33.7 Å². The first-order chi connectivity index (χ1) is 16.8. The summed E-state index contributed by atoms with van der Waals surface area (Å²) in [6.45, 7) is 1.86. The van der Waals surface area contributed by atoms with Gasteiger partial charge >= 0.3 is 6.09 Å². The van der Waals surface area contributed by atoms with Crippen LogP contribution in [-0.2, 0) is 0 Å². The second-order valence-corrected chi connectivity index (χ2v) is 7.93. The van der Waals surface area contributed by atoms with Gasteiger partial charge in [0.05, 0.1) is 16.6 Å². The zero-order valence-corrected chi connectivity index (χ0v) is 18.6. The van der Waals surface area contributed by atoms with Crippen molar-refractivity contribution in [2.24, 2.45) is 0 Å². The van der Waals surface area contributed by atoms with Crippen LogP contribution in [0.25, 0.3) is 21.9 Å². The van der Waals surface area contributed by atoms with Gasteiger partial charge in [-0.25, -0.2) is 9.78 Å². The minimum Gasteiger partial charge on any atom is -0.410 e. The van der Waals surface area contributed by atoms with E-state index >= 15 is 0 Å². The van der Waals surface area contributed by atoms with E-state index in [2.05, 4.69) is 25.6 Å². The summed E-state index contributed by atoms with van der Waals surface area (Å²) in [4.78, 5) is 36.4. The average Bonchev–Trinajstić information content (AvgIpc) is 3.20. The smallest absolute Gasteiger partial charge is 0.410 e. The highest BCUT2D eigenvalue weighted by Gasteiger charge is 2.11. The molecule has 0 fully saturated rings. The third kappa shape index (κ3) is 4.67. The fourth-order valence-electron chi connectivity index (χ4n) is 3.69. The van der Waals surface area contributed by atoms with Crippen LogP contribution < -0.4 is 26.8 Å². The van der Waals surface area contributed by atoms with E-state index in [1.165, 1.54) is 0 Å². The van der Waals surface area contributed by atoms with Crippen molar-refractivity contribution in [2.75, 3.05) is 22.1 Å². The van der Waals surface area contributed by atoms with Gasteiger partial charge in [-0.3, -0.25) is 15.1 Å². The van der Waals surface area contributed by atoms with Crippen LogP contribution >= 0.6 is 0 Å². The Kier molecular flexibility index (Phi) is 5.38. The van der Waals surface area contributed by atoms with Crippen LogP contribution in [0.4, 0.5) is 27.8 Å². The summed E-state index contributed by atoms with van der Waals surface area (Å²) in [5, 5.41) is 6.17. The topological polar surface area (TPSA) is 161 Å². The number of imidazole rings is 1. The van der Waals surface area contributed by atoms with Crippen molar-refractivity contribution >= 4 is 56.9 Å². The van der Waals surface area contributed by atoms with Crippen LogP contribution in [0.2, 0.25) is 0 Å². The van der Waals surface area contributed by atoms with Gasteiger partial charge in [0.1, 0.15) is 5.75 Å². The molecule has 2 amide bonds. The fraction of sp³-hybridized carbons (Fsp3) is 0.0400. The number of carbonyl (C=O) groups is 2. The molecule has 35 heavy (non-hydrogen) atoms. The first-order valence-corrected chi connectivity index (χ1v) is 10.7. The Morgan fingerprint density at radius 1 is 0.857 bits per heavy atom. The van der Waals surface area contributed by atoms with E-state index in [1.54, 1.807) is 66.7 Å². The number of nitrogens with one attached hydrogen (secondary N) is 3. The highest BCUT2D eigenvalue weighted by Crippen LogP contribution is 2.26. The number of fused-ring (bicyclic) bond motifs is 2. The van der Waals surface area contributed by atoms with E-state index < -0.39 is 6.09 Å². The molecular formula is C25H21N7O3. The molecule has 10 nitrogen and oxygen atoms in total. The Labute approximate surface area is 199 Å². The van der Waals surface area contributed by atoms with Gasteiger partial charge in [0.15, 0.2) is 5.95 Å². The number of nitrogens with two attached hydrogens (primary N) is 2. The summed E-state index contributed by atoms with van der Waals surface area (Å²) in [6, 6.07) is 18.6. The summed E-state index contributed by atoms with van der Waals surface area (Å²) in [7, 11) is 0. The molecule has 7 N–H and O–H groups in total. The summed E-state index contributed by atoms with van der Waals surface area (Å²) >= 11 is 0. The predicted octanol–water partition coefficient (Wildman–Crippen LogP) is 4.45. The average molecular weight is 467 g/mol. The molecule has 0 saturated carbocycles. The van der Waals surface area contributed by atoms with Crippen LogP contribution in [0, 0.1) is 6.92 Å². The van der Waals surface area contributed by atoms with Gasteiger partial charge in [-0.15, -0.1) is 0 Å². The molecule has 0 bridgehead atoms. The number of aromatic nitrogens is 3. The van der Waals surface area contributed by atoms with Crippen LogP contribution in [0.5, 0.6) is 5.75 Å². The van der Waals surface area contributed by atoms with Gasteiger partial charge in [0.25, 0.3) is 5.91 Å². The van der Waals surface area contributed by atoms with E-state index in [1.807, 2.05) is 6.92 Å². The minimum absolute atomic E-state index is 0.288. The number of hydrogen-bond acceptors (Lipinski definition) is 7. The Morgan fingerprint density at radius 2 is 1.57 bits per heavy atom. The Morgan fingerprint density at radius 3 is 2.34 bits per heavy atom. The van der Waals surface area contributed by atoms with E-state index in [0.717, 1.165) is 11.2 Å². The van der Waals surface area contributed by atoms with Crippen LogP contribution in [0.15, 0.2) is 66.7 Å². The number of H-pyrrole nitrogens is 1. The molecule has 0 aliphatic carbocycles. The fourth-order valence-corrected chi connectivity index (χ4v) is 3.69. The first-order valence-electron chi connectivity index (χ1n) is 10.7. The molecule has 0 atom stereocenters. The maximum Gasteiger partial charge on any atom is 0.417 e. The number of ether oxygens (including phenoxy) is 1. The minimum atomic E-state index is -0.660. The number of anilines is 4. The number of benzene rings is 3. The van der Waals surface area contributed by atoms with Gasteiger partial charge in [-0.1, -0.05) is 0 Å². The molecule has 0 aliphatic heterocycles. The van der Waals surface area contributed by atoms with E-state index in [-0.39, 0.29) is 11.9 Å². The standard InChI is InChI=1S/C25H21N7O3/c1-13-10-19(26)18-12-17(7-9-20(18)28-13)35-25(34)30-16-5-3-15(4-6-16)29-23(33)14-2-8-21-22(11-14)32-24(27)31-21/h2-12H,1H3,(H2,26,28)(H,29,33)(H,30,34)(H3,27,31,32). The number of nitrogen functional groups attached to an aromatic ring is 2. The van der Waals surface area contributed by atoms with Gasteiger partial charge in [0.2, 0.25) is 0 Å². The van der Waals surface area contributed by atoms with Crippen molar-refractivity contribution in [1.29, 1.82) is 0 Å². The summed E-state index contributed by atoms with van der Waals surface area (Å²) < 4.78 is 5.38. The molecule has 0 aliphatic rings. The molecule has 0 saturated heterocycles. The van der Waals surface area contributed by atoms with Crippen molar-refractivity contribution in [3.05, 3.63) is 78.0 Å². The number of pyridine rings is 1. The Bertz CT molecular complexity index is 1590. The normalized spacial score (nSPS) is 10.9. The molecule has 10 heteroatoms.